The van der Waals surface area contributed by atoms with Gasteiger partial charge in [0.15, 0.2) is 5.65 Å². The van der Waals surface area contributed by atoms with Crippen molar-refractivity contribution >= 4 is 28.1 Å². The Morgan fingerprint density at radius 2 is 2.08 bits per heavy atom. The Kier molecular flexibility index (Phi) is 3.98. The van der Waals surface area contributed by atoms with Crippen LogP contribution in [0, 0.1) is 0 Å². The first kappa shape index (κ1) is 16.0. The minimum absolute atomic E-state index is 0.290. The Bertz CT molecular complexity index is 1110. The number of rotatable bonds is 4. The van der Waals surface area contributed by atoms with E-state index in [1.807, 2.05) is 19.1 Å². The SMILES string of the molecule is CCNC(=O)C(N)c1ccc2ncc(-c3cccc4nonc34)nc2n1. The molecule has 1 unspecified atom stereocenters. The third-order valence-electron chi connectivity index (χ3n) is 3.94. The smallest absolute Gasteiger partial charge is 0.243 e. The van der Waals surface area contributed by atoms with Crippen LogP contribution in [-0.2, 0) is 4.79 Å². The zero-order chi connectivity index (χ0) is 18.1. The van der Waals surface area contributed by atoms with Gasteiger partial charge in [0.05, 0.1) is 17.6 Å². The number of likely N-dealkylation sites (N-methyl/N-ethyl adjacent to an activating group) is 1. The highest BCUT2D eigenvalue weighted by atomic mass is 16.6. The van der Waals surface area contributed by atoms with Crippen LogP contribution in [0.2, 0.25) is 0 Å². The van der Waals surface area contributed by atoms with E-state index in [-0.39, 0.29) is 5.91 Å². The molecular weight excluding hydrogens is 334 g/mol. The molecule has 0 saturated heterocycles. The standard InChI is InChI=1S/C17H15N7O2/c1-2-19-17(25)14(18)10-6-7-12-16(21-10)22-13(8-20-12)9-4-3-5-11-15(9)24-26-23-11/h3-8,14H,2,18H2,1H3,(H,19,25). The molecule has 4 rings (SSSR count). The van der Waals surface area contributed by atoms with E-state index in [9.17, 15) is 4.79 Å². The zero-order valence-electron chi connectivity index (χ0n) is 13.9. The van der Waals surface area contributed by atoms with Gasteiger partial charge < -0.3 is 11.1 Å². The third-order valence-corrected chi connectivity index (χ3v) is 3.94. The molecule has 0 spiro atoms. The van der Waals surface area contributed by atoms with Crippen LogP contribution in [0.5, 0.6) is 0 Å². The molecule has 4 aromatic rings. The summed E-state index contributed by atoms with van der Waals surface area (Å²) in [7, 11) is 0. The second kappa shape index (κ2) is 6.45. The number of amides is 1. The zero-order valence-corrected chi connectivity index (χ0v) is 13.9. The van der Waals surface area contributed by atoms with Gasteiger partial charge in [-0.05, 0) is 35.4 Å². The Morgan fingerprint density at radius 3 is 2.92 bits per heavy atom. The first-order chi connectivity index (χ1) is 12.7. The van der Waals surface area contributed by atoms with E-state index in [1.54, 1.807) is 24.4 Å². The van der Waals surface area contributed by atoms with Gasteiger partial charge in [-0.1, -0.05) is 12.1 Å². The maximum Gasteiger partial charge on any atom is 0.243 e. The summed E-state index contributed by atoms with van der Waals surface area (Å²) in [6.07, 6.45) is 1.64. The van der Waals surface area contributed by atoms with Crippen LogP contribution in [0.15, 0.2) is 41.2 Å². The number of nitrogens with zero attached hydrogens (tertiary/aromatic N) is 5. The molecule has 0 fully saturated rings. The average Bonchev–Trinajstić information content (AvgIpc) is 3.15. The van der Waals surface area contributed by atoms with Gasteiger partial charge in [0, 0.05) is 12.1 Å². The van der Waals surface area contributed by atoms with E-state index < -0.39 is 6.04 Å². The predicted molar refractivity (Wildman–Crippen MR) is 93.7 cm³/mol. The quantitative estimate of drug-likeness (QED) is 0.564. The molecule has 0 aliphatic carbocycles. The lowest BCUT2D eigenvalue weighted by Crippen LogP contribution is -2.34. The van der Waals surface area contributed by atoms with Crippen molar-refractivity contribution in [2.24, 2.45) is 5.73 Å². The predicted octanol–water partition coefficient (Wildman–Crippen LogP) is 1.36. The fourth-order valence-corrected chi connectivity index (χ4v) is 2.65. The molecule has 3 aromatic heterocycles. The normalized spacial score (nSPS) is 12.4. The minimum Gasteiger partial charge on any atom is -0.355 e. The first-order valence-corrected chi connectivity index (χ1v) is 8.06. The van der Waals surface area contributed by atoms with Crippen molar-refractivity contribution in [2.75, 3.05) is 6.54 Å². The van der Waals surface area contributed by atoms with Crippen LogP contribution < -0.4 is 11.1 Å². The number of pyridine rings is 1. The van der Waals surface area contributed by atoms with Crippen LogP contribution in [0.3, 0.4) is 0 Å². The van der Waals surface area contributed by atoms with E-state index in [4.69, 9.17) is 10.4 Å². The second-order valence-corrected chi connectivity index (χ2v) is 5.64. The lowest BCUT2D eigenvalue weighted by molar-refractivity contribution is -0.122. The second-order valence-electron chi connectivity index (χ2n) is 5.64. The van der Waals surface area contributed by atoms with Crippen LogP contribution >= 0.6 is 0 Å². The highest BCUT2D eigenvalue weighted by molar-refractivity contribution is 5.90. The summed E-state index contributed by atoms with van der Waals surface area (Å²) in [4.78, 5) is 25.3. The molecule has 1 aromatic carbocycles. The first-order valence-electron chi connectivity index (χ1n) is 8.06. The number of aromatic nitrogens is 5. The molecule has 26 heavy (non-hydrogen) atoms. The number of nitrogens with two attached hydrogens (primary N) is 1. The molecule has 0 saturated carbocycles. The Balaban J connectivity index is 1.79. The van der Waals surface area contributed by atoms with E-state index >= 15 is 0 Å². The summed E-state index contributed by atoms with van der Waals surface area (Å²) in [6.45, 7) is 2.33. The van der Waals surface area contributed by atoms with Crippen LogP contribution in [0.4, 0.5) is 0 Å². The van der Waals surface area contributed by atoms with Crippen molar-refractivity contribution in [1.29, 1.82) is 0 Å². The molecule has 3 heterocycles. The monoisotopic (exact) mass is 349 g/mol. The minimum atomic E-state index is -0.868. The lowest BCUT2D eigenvalue weighted by Gasteiger charge is -2.11. The maximum absolute atomic E-state index is 11.9. The molecule has 9 nitrogen and oxygen atoms in total. The largest absolute Gasteiger partial charge is 0.355 e. The van der Waals surface area contributed by atoms with Crippen molar-refractivity contribution in [3.05, 3.63) is 42.2 Å². The van der Waals surface area contributed by atoms with Crippen molar-refractivity contribution in [1.82, 2.24) is 30.6 Å². The molecule has 130 valence electrons. The number of carbonyl (C=O) groups is 1. The fourth-order valence-electron chi connectivity index (χ4n) is 2.65. The molecule has 0 radical (unpaired) electrons. The van der Waals surface area contributed by atoms with Crippen LogP contribution in [0.25, 0.3) is 33.5 Å². The van der Waals surface area contributed by atoms with Crippen molar-refractivity contribution in [2.45, 2.75) is 13.0 Å². The molecule has 0 aliphatic heterocycles. The molecule has 9 heteroatoms. The summed E-state index contributed by atoms with van der Waals surface area (Å²) >= 11 is 0. The summed E-state index contributed by atoms with van der Waals surface area (Å²) in [5.41, 5.74) is 9.93. The van der Waals surface area contributed by atoms with E-state index in [1.165, 1.54) is 0 Å². The number of fused-ring (bicyclic) bond motifs is 2. The van der Waals surface area contributed by atoms with Gasteiger partial charge in [0.1, 0.15) is 22.6 Å². The Labute approximate surface area is 147 Å². The summed E-state index contributed by atoms with van der Waals surface area (Å²) in [5, 5.41) is 10.4. The number of nitrogens with one attached hydrogen (secondary N) is 1. The molecule has 1 atom stereocenters. The van der Waals surface area contributed by atoms with E-state index in [2.05, 4.69) is 30.6 Å². The fraction of sp³-hybridized carbons (Fsp3) is 0.176. The number of hydrogen-bond acceptors (Lipinski definition) is 8. The third kappa shape index (κ3) is 2.74. The summed E-state index contributed by atoms with van der Waals surface area (Å²) in [6, 6.07) is 8.04. The highest BCUT2D eigenvalue weighted by Crippen LogP contribution is 2.25. The summed E-state index contributed by atoms with van der Waals surface area (Å²) in [5.74, 6) is -0.290. The van der Waals surface area contributed by atoms with Gasteiger partial charge in [-0.2, -0.15) is 0 Å². The van der Waals surface area contributed by atoms with Crippen molar-refractivity contribution in [3.8, 4) is 11.3 Å². The van der Waals surface area contributed by atoms with Gasteiger partial charge in [-0.15, -0.1) is 0 Å². The molecule has 0 aliphatic rings. The molecule has 3 N–H and O–H groups in total. The Hall–Kier alpha value is -3.46. The molecule has 1 amide bonds. The maximum atomic E-state index is 11.9. The van der Waals surface area contributed by atoms with Gasteiger partial charge in [0.2, 0.25) is 5.91 Å². The number of benzene rings is 1. The lowest BCUT2D eigenvalue weighted by atomic mass is 10.1. The van der Waals surface area contributed by atoms with Crippen molar-refractivity contribution < 1.29 is 9.42 Å². The van der Waals surface area contributed by atoms with Gasteiger partial charge in [-0.25, -0.2) is 14.6 Å². The topological polar surface area (TPSA) is 133 Å². The van der Waals surface area contributed by atoms with Crippen molar-refractivity contribution in [3.63, 3.8) is 0 Å². The molecular formula is C17H15N7O2. The van der Waals surface area contributed by atoms with E-state index in [0.717, 1.165) is 5.56 Å². The van der Waals surface area contributed by atoms with Gasteiger partial charge in [0.25, 0.3) is 0 Å². The number of carbonyl (C=O) groups excluding carboxylic acids is 1. The van der Waals surface area contributed by atoms with Gasteiger partial charge >= 0.3 is 0 Å². The highest BCUT2D eigenvalue weighted by Gasteiger charge is 2.18. The molecule has 0 bridgehead atoms. The van der Waals surface area contributed by atoms with Gasteiger partial charge in [-0.3, -0.25) is 9.78 Å². The van der Waals surface area contributed by atoms with Crippen LogP contribution in [0.1, 0.15) is 18.7 Å². The number of hydrogen-bond donors (Lipinski definition) is 2. The summed E-state index contributed by atoms with van der Waals surface area (Å²) < 4.78 is 4.79. The van der Waals surface area contributed by atoms with Crippen LogP contribution in [-0.4, -0.2) is 37.7 Å². The van der Waals surface area contributed by atoms with E-state index in [0.29, 0.717) is 40.1 Å². The Morgan fingerprint density at radius 1 is 1.19 bits per heavy atom. The average molecular weight is 349 g/mol.